The van der Waals surface area contributed by atoms with Crippen molar-refractivity contribution in [1.29, 1.82) is 0 Å². The first-order valence-electron chi connectivity index (χ1n) is 7.19. The fourth-order valence-corrected chi connectivity index (χ4v) is 2.87. The van der Waals surface area contributed by atoms with Crippen LogP contribution in [0.2, 0.25) is 0 Å². The van der Waals surface area contributed by atoms with Crippen LogP contribution in [0.4, 0.5) is 5.69 Å². The SMILES string of the molecule is C=C1N(S)C(CN2CCNCC2)=CN1c1ccnc(C)c1. The molecule has 112 valence electrons. The first-order valence-corrected chi connectivity index (χ1v) is 7.59. The average molecular weight is 303 g/mol. The van der Waals surface area contributed by atoms with Crippen LogP contribution in [0.25, 0.3) is 0 Å². The van der Waals surface area contributed by atoms with E-state index < -0.39 is 0 Å². The van der Waals surface area contributed by atoms with Crippen molar-refractivity contribution in [2.24, 2.45) is 0 Å². The summed E-state index contributed by atoms with van der Waals surface area (Å²) >= 11 is 4.58. The van der Waals surface area contributed by atoms with E-state index in [2.05, 4.69) is 51.8 Å². The molecule has 0 amide bonds. The Kier molecular flexibility index (Phi) is 4.19. The monoisotopic (exact) mass is 303 g/mol. The van der Waals surface area contributed by atoms with Gasteiger partial charge < -0.3 is 10.2 Å². The van der Waals surface area contributed by atoms with Crippen LogP contribution in [0.1, 0.15) is 5.69 Å². The van der Waals surface area contributed by atoms with Gasteiger partial charge in [0.05, 0.1) is 11.4 Å². The topological polar surface area (TPSA) is 34.6 Å². The second-order valence-corrected chi connectivity index (χ2v) is 5.80. The molecule has 5 nitrogen and oxygen atoms in total. The summed E-state index contributed by atoms with van der Waals surface area (Å²) in [5, 5.41) is 3.37. The number of aromatic nitrogens is 1. The van der Waals surface area contributed by atoms with Crippen molar-refractivity contribution in [2.75, 3.05) is 37.6 Å². The van der Waals surface area contributed by atoms with Crippen molar-refractivity contribution < 1.29 is 0 Å². The van der Waals surface area contributed by atoms with E-state index >= 15 is 0 Å². The number of nitrogens with zero attached hydrogens (tertiary/aromatic N) is 4. The van der Waals surface area contributed by atoms with Gasteiger partial charge in [0.2, 0.25) is 0 Å². The Balaban J connectivity index is 1.78. The Labute approximate surface area is 131 Å². The standard InChI is InChI=1S/C15H21N5S/c1-12-9-14(3-4-17-12)19-11-15(20(21)13(19)2)10-18-7-5-16-6-8-18/h3-4,9,11,16,21H,2,5-8,10H2,1H3. The van der Waals surface area contributed by atoms with Gasteiger partial charge in [0.25, 0.3) is 0 Å². The molecule has 0 aliphatic carbocycles. The van der Waals surface area contributed by atoms with E-state index in [9.17, 15) is 0 Å². The van der Waals surface area contributed by atoms with Gasteiger partial charge in [-0.25, -0.2) is 0 Å². The fourth-order valence-electron chi connectivity index (χ4n) is 2.66. The Morgan fingerprint density at radius 3 is 2.86 bits per heavy atom. The lowest BCUT2D eigenvalue weighted by Crippen LogP contribution is -2.44. The predicted octanol–water partition coefficient (Wildman–Crippen LogP) is 1.57. The molecule has 3 heterocycles. The van der Waals surface area contributed by atoms with Crippen LogP contribution in [-0.4, -0.2) is 46.9 Å². The summed E-state index contributed by atoms with van der Waals surface area (Å²) in [7, 11) is 0. The fraction of sp³-hybridized carbons (Fsp3) is 0.400. The number of piperazine rings is 1. The van der Waals surface area contributed by atoms with Gasteiger partial charge in [0, 0.05) is 50.8 Å². The van der Waals surface area contributed by atoms with E-state index in [4.69, 9.17) is 0 Å². The van der Waals surface area contributed by atoms with Crippen LogP contribution in [-0.2, 0) is 0 Å². The van der Waals surface area contributed by atoms with Gasteiger partial charge in [0.1, 0.15) is 5.82 Å². The molecule has 1 fully saturated rings. The lowest BCUT2D eigenvalue weighted by molar-refractivity contribution is 0.252. The quantitative estimate of drug-likeness (QED) is 0.829. The molecule has 1 aromatic rings. The highest BCUT2D eigenvalue weighted by Crippen LogP contribution is 2.32. The molecule has 0 saturated carbocycles. The zero-order chi connectivity index (χ0) is 14.8. The Morgan fingerprint density at radius 2 is 2.14 bits per heavy atom. The van der Waals surface area contributed by atoms with Crippen LogP contribution >= 0.6 is 12.8 Å². The number of anilines is 1. The van der Waals surface area contributed by atoms with Crippen molar-refractivity contribution in [1.82, 2.24) is 19.5 Å². The summed E-state index contributed by atoms with van der Waals surface area (Å²) in [5.41, 5.74) is 3.22. The molecule has 6 heteroatoms. The molecule has 0 bridgehead atoms. The number of rotatable bonds is 3. The van der Waals surface area contributed by atoms with Gasteiger partial charge in [0.15, 0.2) is 0 Å². The largest absolute Gasteiger partial charge is 0.314 e. The van der Waals surface area contributed by atoms with Crippen LogP contribution in [0, 0.1) is 6.92 Å². The second-order valence-electron chi connectivity index (χ2n) is 5.40. The molecule has 0 spiro atoms. The summed E-state index contributed by atoms with van der Waals surface area (Å²) < 4.78 is 1.87. The molecule has 2 aliphatic heterocycles. The van der Waals surface area contributed by atoms with E-state index in [0.29, 0.717) is 0 Å². The number of nitrogens with one attached hydrogen (secondary N) is 1. The van der Waals surface area contributed by atoms with Gasteiger partial charge >= 0.3 is 0 Å². The van der Waals surface area contributed by atoms with Crippen molar-refractivity contribution in [3.63, 3.8) is 0 Å². The third-order valence-corrected chi connectivity index (χ3v) is 4.31. The maximum atomic E-state index is 4.58. The summed E-state index contributed by atoms with van der Waals surface area (Å²) in [4.78, 5) is 8.74. The first-order chi connectivity index (χ1) is 10.1. The Morgan fingerprint density at radius 1 is 1.38 bits per heavy atom. The smallest absolute Gasteiger partial charge is 0.120 e. The molecule has 1 N–H and O–H groups in total. The van der Waals surface area contributed by atoms with E-state index in [-0.39, 0.29) is 0 Å². The number of pyridine rings is 1. The second kappa shape index (κ2) is 6.09. The molecule has 1 aromatic heterocycles. The highest BCUT2D eigenvalue weighted by Gasteiger charge is 2.26. The maximum Gasteiger partial charge on any atom is 0.120 e. The minimum absolute atomic E-state index is 0.856. The van der Waals surface area contributed by atoms with Gasteiger partial charge in [-0.05, 0) is 19.1 Å². The molecule has 2 aliphatic rings. The number of aryl methyl sites for hydroxylation is 1. The zero-order valence-electron chi connectivity index (χ0n) is 12.3. The average Bonchev–Trinajstić information content (AvgIpc) is 2.77. The third-order valence-electron chi connectivity index (χ3n) is 3.83. The van der Waals surface area contributed by atoms with Crippen molar-refractivity contribution >= 4 is 18.5 Å². The first kappa shape index (κ1) is 14.4. The number of hydrogen-bond donors (Lipinski definition) is 2. The molecular formula is C15H21N5S. The highest BCUT2D eigenvalue weighted by atomic mass is 32.1. The maximum absolute atomic E-state index is 4.58. The van der Waals surface area contributed by atoms with E-state index in [1.165, 1.54) is 0 Å². The third kappa shape index (κ3) is 3.07. The summed E-state index contributed by atoms with van der Waals surface area (Å²) in [6, 6.07) is 4.04. The molecule has 3 rings (SSSR count). The van der Waals surface area contributed by atoms with Crippen LogP contribution < -0.4 is 10.2 Å². The van der Waals surface area contributed by atoms with Gasteiger partial charge in [-0.15, -0.1) is 0 Å². The minimum atomic E-state index is 0.856. The lowest BCUT2D eigenvalue weighted by atomic mass is 10.3. The zero-order valence-corrected chi connectivity index (χ0v) is 13.2. The molecular weight excluding hydrogens is 282 g/mol. The van der Waals surface area contributed by atoms with Gasteiger partial charge in [-0.1, -0.05) is 19.4 Å². The van der Waals surface area contributed by atoms with Crippen LogP contribution in [0.5, 0.6) is 0 Å². The van der Waals surface area contributed by atoms with E-state index in [0.717, 1.165) is 55.6 Å². The van der Waals surface area contributed by atoms with Crippen molar-refractivity contribution in [3.8, 4) is 0 Å². The predicted molar refractivity (Wildman–Crippen MR) is 88.8 cm³/mol. The Bertz CT molecular complexity index is 565. The number of thiol groups is 1. The van der Waals surface area contributed by atoms with Crippen molar-refractivity contribution in [3.05, 3.63) is 48.3 Å². The van der Waals surface area contributed by atoms with E-state index in [1.54, 1.807) is 0 Å². The molecule has 0 radical (unpaired) electrons. The molecule has 21 heavy (non-hydrogen) atoms. The molecule has 0 aromatic carbocycles. The highest BCUT2D eigenvalue weighted by molar-refractivity contribution is 7.78. The van der Waals surface area contributed by atoms with Gasteiger partial charge in [-0.3, -0.25) is 14.2 Å². The summed E-state index contributed by atoms with van der Waals surface area (Å²) in [6.07, 6.45) is 3.94. The van der Waals surface area contributed by atoms with E-state index in [1.807, 2.05) is 23.5 Å². The van der Waals surface area contributed by atoms with Crippen LogP contribution in [0.15, 0.2) is 42.6 Å². The normalized spacial score (nSPS) is 20.1. The summed E-state index contributed by atoms with van der Waals surface area (Å²) in [6.45, 7) is 11.3. The lowest BCUT2D eigenvalue weighted by Gasteiger charge is -2.29. The van der Waals surface area contributed by atoms with Gasteiger partial charge in [-0.2, -0.15) is 0 Å². The minimum Gasteiger partial charge on any atom is -0.314 e. The van der Waals surface area contributed by atoms with Crippen LogP contribution in [0.3, 0.4) is 0 Å². The van der Waals surface area contributed by atoms with Crippen molar-refractivity contribution in [2.45, 2.75) is 6.92 Å². The molecule has 0 atom stereocenters. The number of hydrogen-bond acceptors (Lipinski definition) is 6. The Hall–Kier alpha value is -1.50. The summed E-state index contributed by atoms with van der Waals surface area (Å²) in [5.74, 6) is 0.856. The molecule has 1 saturated heterocycles. The molecule has 0 unspecified atom stereocenters.